The molecule has 0 spiro atoms. The van der Waals surface area contributed by atoms with Crippen LogP contribution in [0.4, 0.5) is 0 Å². The summed E-state index contributed by atoms with van der Waals surface area (Å²) in [6, 6.07) is 7.74. The highest BCUT2D eigenvalue weighted by atomic mass is 35.5. The van der Waals surface area contributed by atoms with Crippen LogP contribution >= 0.6 is 11.6 Å². The molecule has 0 bridgehead atoms. The second-order valence-corrected chi connectivity index (χ2v) is 4.87. The normalized spacial score (nSPS) is 12.6. The molecular formula is C14H16ClN3. The van der Waals surface area contributed by atoms with Crippen LogP contribution in [0.1, 0.15) is 31.7 Å². The van der Waals surface area contributed by atoms with Gasteiger partial charge in [0.25, 0.3) is 0 Å². The fourth-order valence-corrected chi connectivity index (χ4v) is 2.19. The Morgan fingerprint density at radius 2 is 2.28 bits per heavy atom. The molecular weight excluding hydrogens is 246 g/mol. The largest absolute Gasteiger partial charge is 0.327 e. The molecule has 0 amide bonds. The molecule has 4 heteroatoms. The maximum absolute atomic E-state index is 8.97. The smallest absolute Gasteiger partial charge is 0.124 e. The number of nitriles is 1. The number of hydrogen-bond donors (Lipinski definition) is 0. The number of imidazole rings is 1. The molecule has 0 radical (unpaired) electrons. The molecule has 0 saturated carbocycles. The maximum atomic E-state index is 8.97. The monoisotopic (exact) mass is 261 g/mol. The lowest BCUT2D eigenvalue weighted by Gasteiger charge is -2.12. The van der Waals surface area contributed by atoms with Gasteiger partial charge in [-0.05, 0) is 24.1 Å². The minimum atomic E-state index is 0.396. The molecule has 1 unspecified atom stereocenters. The van der Waals surface area contributed by atoms with E-state index in [1.54, 1.807) is 6.07 Å². The van der Waals surface area contributed by atoms with Crippen LogP contribution < -0.4 is 0 Å². The molecule has 0 aliphatic heterocycles. The third-order valence-electron chi connectivity index (χ3n) is 3.27. The zero-order valence-corrected chi connectivity index (χ0v) is 11.4. The molecule has 2 rings (SSSR count). The summed E-state index contributed by atoms with van der Waals surface area (Å²) in [4.78, 5) is 4.52. The third kappa shape index (κ3) is 2.34. The predicted octanol–water partition coefficient (Wildman–Crippen LogP) is 3.69. The van der Waals surface area contributed by atoms with Gasteiger partial charge >= 0.3 is 0 Å². The first kappa shape index (κ1) is 12.9. The van der Waals surface area contributed by atoms with Crippen molar-refractivity contribution >= 4 is 22.6 Å². The number of rotatable bonds is 4. The van der Waals surface area contributed by atoms with Gasteiger partial charge in [0.15, 0.2) is 0 Å². The summed E-state index contributed by atoms with van der Waals surface area (Å²) in [5.41, 5.74) is 2.58. The number of halogens is 1. The first-order valence-electron chi connectivity index (χ1n) is 6.14. The summed E-state index contributed by atoms with van der Waals surface area (Å²) in [6.45, 7) is 5.27. The molecule has 1 atom stereocenters. The number of hydrogen-bond acceptors (Lipinski definition) is 2. The molecule has 18 heavy (non-hydrogen) atoms. The minimum Gasteiger partial charge on any atom is -0.327 e. The van der Waals surface area contributed by atoms with Gasteiger partial charge in [0.1, 0.15) is 5.82 Å². The molecule has 0 N–H and O–H groups in total. The van der Waals surface area contributed by atoms with Gasteiger partial charge in [0, 0.05) is 6.54 Å². The van der Waals surface area contributed by atoms with Crippen LogP contribution in [0, 0.1) is 17.2 Å². The number of aromatic nitrogens is 2. The van der Waals surface area contributed by atoms with Crippen molar-refractivity contribution in [3.63, 3.8) is 0 Å². The lowest BCUT2D eigenvalue weighted by molar-refractivity contribution is 0.469. The quantitative estimate of drug-likeness (QED) is 0.788. The number of fused-ring (bicyclic) bond motifs is 1. The topological polar surface area (TPSA) is 41.6 Å². The van der Waals surface area contributed by atoms with Crippen LogP contribution in [-0.2, 0) is 12.4 Å². The molecule has 1 heterocycles. The summed E-state index contributed by atoms with van der Waals surface area (Å²) in [6.07, 6.45) is 1.11. The van der Waals surface area contributed by atoms with Crippen molar-refractivity contribution in [2.24, 2.45) is 5.92 Å². The molecule has 0 aliphatic rings. The van der Waals surface area contributed by atoms with Crippen molar-refractivity contribution in [1.29, 1.82) is 5.26 Å². The van der Waals surface area contributed by atoms with Gasteiger partial charge in [-0.2, -0.15) is 5.26 Å². The molecule has 1 aromatic heterocycles. The summed E-state index contributed by atoms with van der Waals surface area (Å²) < 4.78 is 2.14. The van der Waals surface area contributed by atoms with Gasteiger partial charge in [-0.15, -0.1) is 11.6 Å². The fraction of sp³-hybridized carbons (Fsp3) is 0.429. The number of nitrogens with zero attached hydrogens (tertiary/aromatic N) is 3. The molecule has 0 saturated heterocycles. The van der Waals surface area contributed by atoms with E-state index >= 15 is 0 Å². The SMILES string of the molecule is CCC(C)Cn1c(CCl)nc2ccc(C#N)cc21. The average Bonchev–Trinajstić information content (AvgIpc) is 2.75. The van der Waals surface area contributed by atoms with E-state index in [0.717, 1.165) is 29.8 Å². The van der Waals surface area contributed by atoms with Crippen LogP contribution in [0.15, 0.2) is 18.2 Å². The first-order chi connectivity index (χ1) is 8.69. The molecule has 94 valence electrons. The van der Waals surface area contributed by atoms with E-state index in [1.807, 2.05) is 12.1 Å². The van der Waals surface area contributed by atoms with Crippen molar-refractivity contribution in [3.05, 3.63) is 29.6 Å². The van der Waals surface area contributed by atoms with Crippen molar-refractivity contribution in [3.8, 4) is 6.07 Å². The lowest BCUT2D eigenvalue weighted by atomic mass is 10.1. The summed E-state index contributed by atoms with van der Waals surface area (Å²) >= 11 is 5.96. The zero-order valence-electron chi connectivity index (χ0n) is 10.7. The molecule has 2 aromatic rings. The van der Waals surface area contributed by atoms with Crippen molar-refractivity contribution in [1.82, 2.24) is 9.55 Å². The van der Waals surface area contributed by atoms with E-state index in [9.17, 15) is 0 Å². The van der Waals surface area contributed by atoms with Gasteiger partial charge in [-0.3, -0.25) is 0 Å². The highest BCUT2D eigenvalue weighted by Gasteiger charge is 2.12. The van der Waals surface area contributed by atoms with Gasteiger partial charge in [0.2, 0.25) is 0 Å². The van der Waals surface area contributed by atoms with Crippen LogP contribution in [0.2, 0.25) is 0 Å². The zero-order chi connectivity index (χ0) is 13.1. The van der Waals surface area contributed by atoms with Crippen molar-refractivity contribution in [2.45, 2.75) is 32.7 Å². The van der Waals surface area contributed by atoms with E-state index in [-0.39, 0.29) is 0 Å². The Kier molecular flexibility index (Phi) is 3.88. The Bertz CT molecular complexity index is 595. The Morgan fingerprint density at radius 1 is 1.50 bits per heavy atom. The van der Waals surface area contributed by atoms with E-state index in [0.29, 0.717) is 17.4 Å². The second kappa shape index (κ2) is 5.41. The van der Waals surface area contributed by atoms with Crippen LogP contribution in [0.3, 0.4) is 0 Å². The van der Waals surface area contributed by atoms with E-state index in [1.165, 1.54) is 0 Å². The Morgan fingerprint density at radius 3 is 2.89 bits per heavy atom. The van der Waals surface area contributed by atoms with Crippen molar-refractivity contribution in [2.75, 3.05) is 0 Å². The summed E-state index contributed by atoms with van der Waals surface area (Å²) in [5, 5.41) is 8.97. The molecule has 1 aromatic carbocycles. The summed E-state index contributed by atoms with van der Waals surface area (Å²) in [5.74, 6) is 1.84. The Balaban J connectivity index is 2.56. The molecule has 0 fully saturated rings. The first-order valence-corrected chi connectivity index (χ1v) is 6.68. The van der Waals surface area contributed by atoms with E-state index in [4.69, 9.17) is 16.9 Å². The van der Waals surface area contributed by atoms with Gasteiger partial charge in [-0.25, -0.2) is 4.98 Å². The Hall–Kier alpha value is -1.53. The standard InChI is InChI=1S/C14H16ClN3/c1-3-10(2)9-18-13-6-11(8-16)4-5-12(13)17-14(18)7-15/h4-6,10H,3,7,9H2,1-2H3. The molecule has 3 nitrogen and oxygen atoms in total. The maximum Gasteiger partial charge on any atom is 0.124 e. The highest BCUT2D eigenvalue weighted by Crippen LogP contribution is 2.21. The van der Waals surface area contributed by atoms with E-state index in [2.05, 4.69) is 29.5 Å². The van der Waals surface area contributed by atoms with Gasteiger partial charge in [-0.1, -0.05) is 20.3 Å². The van der Waals surface area contributed by atoms with E-state index < -0.39 is 0 Å². The van der Waals surface area contributed by atoms with Crippen LogP contribution in [-0.4, -0.2) is 9.55 Å². The average molecular weight is 262 g/mol. The minimum absolute atomic E-state index is 0.396. The number of benzene rings is 1. The van der Waals surface area contributed by atoms with Gasteiger partial charge < -0.3 is 4.57 Å². The second-order valence-electron chi connectivity index (χ2n) is 4.60. The number of alkyl halides is 1. The van der Waals surface area contributed by atoms with Gasteiger partial charge in [0.05, 0.1) is 28.5 Å². The third-order valence-corrected chi connectivity index (χ3v) is 3.51. The lowest BCUT2D eigenvalue weighted by Crippen LogP contribution is -2.09. The predicted molar refractivity (Wildman–Crippen MR) is 73.5 cm³/mol. The van der Waals surface area contributed by atoms with Crippen LogP contribution in [0.5, 0.6) is 0 Å². The Labute approximate surface area is 112 Å². The fourth-order valence-electron chi connectivity index (χ4n) is 1.99. The summed E-state index contributed by atoms with van der Waals surface area (Å²) in [7, 11) is 0. The van der Waals surface area contributed by atoms with Crippen LogP contribution in [0.25, 0.3) is 11.0 Å². The molecule has 0 aliphatic carbocycles. The highest BCUT2D eigenvalue weighted by molar-refractivity contribution is 6.16. The van der Waals surface area contributed by atoms with Crippen molar-refractivity contribution < 1.29 is 0 Å².